The fraction of sp³-hybridized carbons (Fsp3) is 0.125. The summed E-state index contributed by atoms with van der Waals surface area (Å²) in [5.74, 6) is 5.76. The summed E-state index contributed by atoms with van der Waals surface area (Å²) in [5.41, 5.74) is 8.61. The van der Waals surface area contributed by atoms with Crippen LogP contribution in [0.4, 0.5) is 5.82 Å². The molecule has 0 atom stereocenters. The Morgan fingerprint density at radius 1 is 1.30 bits per heavy atom. The second-order valence-electron chi connectivity index (χ2n) is 4.27. The monoisotopic (exact) mass is 266 g/mol. The predicted octanol–water partition coefficient (Wildman–Crippen LogP) is 2.16. The Morgan fingerprint density at radius 3 is 2.80 bits per heavy atom. The van der Waals surface area contributed by atoms with E-state index in [9.17, 15) is 4.79 Å². The van der Waals surface area contributed by atoms with Crippen molar-refractivity contribution in [2.45, 2.75) is 6.92 Å². The van der Waals surface area contributed by atoms with Crippen LogP contribution in [0.1, 0.15) is 27.0 Å². The van der Waals surface area contributed by atoms with Gasteiger partial charge in [0.2, 0.25) is 0 Å². The standard InChI is InChI=1S/C16H14N2O2/c1-11-4-3-5-12(8-11)6-7-13-9-14(16(19)20-2)10-18-15(13)17/h3-5,8-10H,1-2H3,(H2,17,18). The molecule has 4 heteroatoms. The van der Waals surface area contributed by atoms with Crippen molar-refractivity contribution >= 4 is 11.8 Å². The van der Waals surface area contributed by atoms with Crippen LogP contribution >= 0.6 is 0 Å². The fourth-order valence-electron chi connectivity index (χ4n) is 1.67. The van der Waals surface area contributed by atoms with Crippen LogP contribution in [0.5, 0.6) is 0 Å². The van der Waals surface area contributed by atoms with Crippen molar-refractivity contribution in [1.82, 2.24) is 4.98 Å². The normalized spacial score (nSPS) is 9.50. The van der Waals surface area contributed by atoms with Gasteiger partial charge < -0.3 is 10.5 Å². The zero-order chi connectivity index (χ0) is 14.5. The molecule has 0 radical (unpaired) electrons. The van der Waals surface area contributed by atoms with Crippen molar-refractivity contribution in [1.29, 1.82) is 0 Å². The second kappa shape index (κ2) is 5.89. The molecule has 1 heterocycles. The lowest BCUT2D eigenvalue weighted by atomic mass is 10.1. The molecule has 0 saturated carbocycles. The van der Waals surface area contributed by atoms with Crippen molar-refractivity contribution in [2.24, 2.45) is 0 Å². The number of anilines is 1. The summed E-state index contributed by atoms with van der Waals surface area (Å²) in [7, 11) is 1.32. The van der Waals surface area contributed by atoms with Crippen LogP contribution in [0, 0.1) is 18.8 Å². The van der Waals surface area contributed by atoms with Gasteiger partial charge in [-0.2, -0.15) is 0 Å². The van der Waals surface area contributed by atoms with Crippen LogP contribution in [0.2, 0.25) is 0 Å². The molecule has 0 aliphatic carbocycles. The quantitative estimate of drug-likeness (QED) is 0.634. The highest BCUT2D eigenvalue weighted by Crippen LogP contribution is 2.11. The lowest BCUT2D eigenvalue weighted by molar-refractivity contribution is 0.0600. The number of ether oxygens (including phenoxy) is 1. The van der Waals surface area contributed by atoms with E-state index in [2.05, 4.69) is 21.6 Å². The van der Waals surface area contributed by atoms with Crippen LogP contribution in [0.3, 0.4) is 0 Å². The minimum absolute atomic E-state index is 0.290. The Labute approximate surface area is 117 Å². The van der Waals surface area contributed by atoms with Crippen molar-refractivity contribution in [3.8, 4) is 11.8 Å². The van der Waals surface area contributed by atoms with Crippen LogP contribution in [-0.4, -0.2) is 18.1 Å². The van der Waals surface area contributed by atoms with Crippen LogP contribution in [-0.2, 0) is 4.74 Å². The molecule has 1 aromatic carbocycles. The molecular formula is C16H14N2O2. The molecule has 20 heavy (non-hydrogen) atoms. The summed E-state index contributed by atoms with van der Waals surface area (Å²) in [4.78, 5) is 15.4. The maximum absolute atomic E-state index is 11.4. The van der Waals surface area contributed by atoms with Gasteiger partial charge in [-0.1, -0.05) is 24.0 Å². The molecule has 2 N–H and O–H groups in total. The third-order valence-corrected chi connectivity index (χ3v) is 2.70. The van der Waals surface area contributed by atoms with Crippen LogP contribution in [0.15, 0.2) is 36.5 Å². The number of nitrogens with two attached hydrogens (primary N) is 1. The first-order valence-corrected chi connectivity index (χ1v) is 6.02. The number of hydrogen-bond acceptors (Lipinski definition) is 4. The number of nitrogens with zero attached hydrogens (tertiary/aromatic N) is 1. The number of aromatic nitrogens is 1. The predicted molar refractivity (Wildman–Crippen MR) is 77.1 cm³/mol. The van der Waals surface area contributed by atoms with Gasteiger partial charge in [-0.25, -0.2) is 9.78 Å². The first-order chi connectivity index (χ1) is 9.60. The summed E-state index contributed by atoms with van der Waals surface area (Å²) in [6.07, 6.45) is 1.37. The van der Waals surface area contributed by atoms with Crippen molar-refractivity contribution in [3.05, 3.63) is 58.8 Å². The maximum atomic E-state index is 11.4. The van der Waals surface area contributed by atoms with Gasteiger partial charge in [-0.15, -0.1) is 0 Å². The number of methoxy groups -OCH3 is 1. The number of aryl methyl sites for hydroxylation is 1. The zero-order valence-electron chi connectivity index (χ0n) is 11.3. The SMILES string of the molecule is COC(=O)c1cnc(N)c(C#Cc2cccc(C)c2)c1. The Hall–Kier alpha value is -2.80. The van der Waals surface area contributed by atoms with Gasteiger partial charge >= 0.3 is 5.97 Å². The van der Waals surface area contributed by atoms with E-state index in [-0.39, 0.29) is 5.82 Å². The molecule has 0 aliphatic rings. The first kappa shape index (κ1) is 13.6. The third kappa shape index (κ3) is 3.15. The van der Waals surface area contributed by atoms with Crippen molar-refractivity contribution < 1.29 is 9.53 Å². The van der Waals surface area contributed by atoms with Gasteiger partial charge in [-0.05, 0) is 30.7 Å². The highest BCUT2D eigenvalue weighted by atomic mass is 16.5. The van der Waals surface area contributed by atoms with Gasteiger partial charge in [0.25, 0.3) is 0 Å². The van der Waals surface area contributed by atoms with E-state index >= 15 is 0 Å². The number of esters is 1. The van der Waals surface area contributed by atoms with E-state index in [1.807, 2.05) is 31.2 Å². The average molecular weight is 266 g/mol. The largest absolute Gasteiger partial charge is 0.465 e. The number of benzene rings is 1. The minimum atomic E-state index is -0.462. The Morgan fingerprint density at radius 2 is 2.10 bits per heavy atom. The van der Waals surface area contributed by atoms with E-state index in [0.29, 0.717) is 11.1 Å². The third-order valence-electron chi connectivity index (χ3n) is 2.70. The van der Waals surface area contributed by atoms with Gasteiger partial charge in [0, 0.05) is 11.8 Å². The zero-order valence-corrected chi connectivity index (χ0v) is 11.3. The number of rotatable bonds is 1. The summed E-state index contributed by atoms with van der Waals surface area (Å²) in [6.45, 7) is 2.00. The Balaban J connectivity index is 2.36. The minimum Gasteiger partial charge on any atom is -0.465 e. The van der Waals surface area contributed by atoms with E-state index in [1.54, 1.807) is 6.07 Å². The smallest absolute Gasteiger partial charge is 0.339 e. The van der Waals surface area contributed by atoms with E-state index < -0.39 is 5.97 Å². The van der Waals surface area contributed by atoms with E-state index in [1.165, 1.54) is 13.3 Å². The molecule has 2 rings (SSSR count). The highest BCUT2D eigenvalue weighted by molar-refractivity contribution is 5.89. The van der Waals surface area contributed by atoms with Crippen LogP contribution in [0.25, 0.3) is 0 Å². The number of hydrogen-bond donors (Lipinski definition) is 1. The molecule has 0 unspecified atom stereocenters. The molecule has 0 spiro atoms. The Bertz CT molecular complexity index is 712. The van der Waals surface area contributed by atoms with Crippen LogP contribution < -0.4 is 5.73 Å². The lowest BCUT2D eigenvalue weighted by Gasteiger charge is -2.01. The first-order valence-electron chi connectivity index (χ1n) is 6.02. The van der Waals surface area contributed by atoms with Gasteiger partial charge in [0.15, 0.2) is 0 Å². The molecule has 0 amide bonds. The molecule has 4 nitrogen and oxygen atoms in total. The van der Waals surface area contributed by atoms with Gasteiger partial charge in [0.1, 0.15) is 5.82 Å². The highest BCUT2D eigenvalue weighted by Gasteiger charge is 2.08. The summed E-state index contributed by atoms with van der Waals surface area (Å²) >= 11 is 0. The fourth-order valence-corrected chi connectivity index (χ4v) is 1.67. The van der Waals surface area contributed by atoms with Gasteiger partial charge in [-0.3, -0.25) is 0 Å². The molecular weight excluding hydrogens is 252 g/mol. The molecule has 2 aromatic rings. The summed E-state index contributed by atoms with van der Waals surface area (Å²) in [6, 6.07) is 9.40. The van der Waals surface area contributed by atoms with Crippen molar-refractivity contribution in [3.63, 3.8) is 0 Å². The molecule has 0 saturated heterocycles. The molecule has 0 aliphatic heterocycles. The number of carbonyl (C=O) groups is 1. The number of pyridine rings is 1. The lowest BCUT2D eigenvalue weighted by Crippen LogP contribution is -2.04. The number of carbonyl (C=O) groups excluding carboxylic acids is 1. The maximum Gasteiger partial charge on any atom is 0.339 e. The Kier molecular flexibility index (Phi) is 4.02. The van der Waals surface area contributed by atoms with E-state index in [0.717, 1.165) is 11.1 Å². The molecule has 1 aromatic heterocycles. The van der Waals surface area contributed by atoms with Gasteiger partial charge in [0.05, 0.1) is 18.2 Å². The van der Waals surface area contributed by atoms with E-state index in [4.69, 9.17) is 5.73 Å². The summed E-state index contributed by atoms with van der Waals surface area (Å²) < 4.78 is 4.64. The second-order valence-corrected chi connectivity index (χ2v) is 4.27. The topological polar surface area (TPSA) is 65.2 Å². The average Bonchev–Trinajstić information content (AvgIpc) is 2.45. The molecule has 0 fully saturated rings. The molecule has 0 bridgehead atoms. The molecule has 100 valence electrons. The summed E-state index contributed by atoms with van der Waals surface area (Å²) in [5, 5.41) is 0. The van der Waals surface area contributed by atoms with Crippen molar-refractivity contribution in [2.75, 3.05) is 12.8 Å². The number of nitrogen functional groups attached to an aromatic ring is 1.